The number of carbonyl (C=O) groups excluding carboxylic acids is 1. The summed E-state index contributed by atoms with van der Waals surface area (Å²) in [4.78, 5) is 16.2. The Labute approximate surface area is 151 Å². The molecule has 1 aliphatic rings. The van der Waals surface area contributed by atoms with Crippen LogP contribution < -0.4 is 10.1 Å². The number of hydrogen-bond acceptors (Lipinski definition) is 2. The zero-order chi connectivity index (χ0) is 17.4. The molecule has 1 heterocycles. The van der Waals surface area contributed by atoms with E-state index in [-0.39, 0.29) is 11.8 Å². The molecule has 0 saturated heterocycles. The van der Waals surface area contributed by atoms with Crippen LogP contribution in [0.5, 0.6) is 5.75 Å². The largest absolute Gasteiger partial charge is 0.497 e. The Bertz CT molecular complexity index is 948. The molecule has 1 unspecified atom stereocenters. The van der Waals surface area contributed by atoms with Crippen LogP contribution >= 0.6 is 11.6 Å². The summed E-state index contributed by atoms with van der Waals surface area (Å²) >= 11 is 6.15. The molecule has 4 rings (SSSR count). The SMILES string of the molecule is COc1cccc(NC(=O)C2CCc3[nH]c4ccc(Cl)cc4c3C2)c1. The summed E-state index contributed by atoms with van der Waals surface area (Å²) in [5.41, 5.74) is 4.29. The van der Waals surface area contributed by atoms with Crippen molar-refractivity contribution in [2.75, 3.05) is 12.4 Å². The Hall–Kier alpha value is -2.46. The van der Waals surface area contributed by atoms with E-state index < -0.39 is 0 Å². The fourth-order valence-corrected chi connectivity index (χ4v) is 3.73. The Balaban J connectivity index is 1.56. The van der Waals surface area contributed by atoms with E-state index in [0.29, 0.717) is 0 Å². The van der Waals surface area contributed by atoms with Gasteiger partial charge in [-0.2, -0.15) is 0 Å². The minimum absolute atomic E-state index is 0.0447. The fraction of sp³-hybridized carbons (Fsp3) is 0.250. The molecule has 3 aromatic rings. The van der Waals surface area contributed by atoms with Gasteiger partial charge in [-0.3, -0.25) is 4.79 Å². The Kier molecular flexibility index (Phi) is 4.14. The van der Waals surface area contributed by atoms with Gasteiger partial charge >= 0.3 is 0 Å². The van der Waals surface area contributed by atoms with Crippen LogP contribution in [0, 0.1) is 5.92 Å². The third kappa shape index (κ3) is 3.10. The van der Waals surface area contributed by atoms with Gasteiger partial charge < -0.3 is 15.0 Å². The maximum absolute atomic E-state index is 12.7. The van der Waals surface area contributed by atoms with Crippen LogP contribution in [0.3, 0.4) is 0 Å². The molecule has 1 atom stereocenters. The topological polar surface area (TPSA) is 54.1 Å². The molecule has 0 fully saturated rings. The summed E-state index contributed by atoms with van der Waals surface area (Å²) in [6, 6.07) is 13.3. The first kappa shape index (κ1) is 16.0. The molecule has 0 bridgehead atoms. The number of ether oxygens (including phenoxy) is 1. The number of H-pyrrole nitrogens is 1. The van der Waals surface area contributed by atoms with E-state index in [9.17, 15) is 4.79 Å². The van der Waals surface area contributed by atoms with Crippen molar-refractivity contribution < 1.29 is 9.53 Å². The van der Waals surface area contributed by atoms with Crippen LogP contribution in [-0.4, -0.2) is 18.0 Å². The predicted molar refractivity (Wildman–Crippen MR) is 100 cm³/mol. The number of aryl methyl sites for hydroxylation is 1. The molecule has 4 nitrogen and oxygen atoms in total. The van der Waals surface area contributed by atoms with Crippen molar-refractivity contribution in [1.82, 2.24) is 4.98 Å². The number of carbonyl (C=O) groups is 1. The monoisotopic (exact) mass is 354 g/mol. The number of fused-ring (bicyclic) bond motifs is 3. The van der Waals surface area contributed by atoms with E-state index in [0.717, 1.165) is 46.6 Å². The van der Waals surface area contributed by atoms with Gasteiger partial charge in [0.2, 0.25) is 5.91 Å². The van der Waals surface area contributed by atoms with E-state index >= 15 is 0 Å². The van der Waals surface area contributed by atoms with Crippen molar-refractivity contribution in [3.63, 3.8) is 0 Å². The second-order valence-electron chi connectivity index (χ2n) is 6.43. The predicted octanol–water partition coefficient (Wildman–Crippen LogP) is 4.57. The molecule has 2 N–H and O–H groups in total. The molecule has 1 aromatic heterocycles. The molecule has 0 saturated carbocycles. The summed E-state index contributed by atoms with van der Waals surface area (Å²) in [6.07, 6.45) is 2.44. The van der Waals surface area contributed by atoms with Crippen LogP contribution in [0.2, 0.25) is 5.02 Å². The summed E-state index contributed by atoms with van der Waals surface area (Å²) in [7, 11) is 1.62. The number of halogens is 1. The van der Waals surface area contributed by atoms with Crippen LogP contribution in [0.25, 0.3) is 10.9 Å². The van der Waals surface area contributed by atoms with Crippen molar-refractivity contribution in [2.24, 2.45) is 5.92 Å². The normalized spacial score (nSPS) is 16.5. The molecule has 25 heavy (non-hydrogen) atoms. The number of aromatic nitrogens is 1. The Morgan fingerprint density at radius 1 is 1.28 bits per heavy atom. The molecular weight excluding hydrogens is 336 g/mol. The first-order chi connectivity index (χ1) is 12.1. The summed E-state index contributed by atoms with van der Waals surface area (Å²) in [6.45, 7) is 0. The first-order valence-corrected chi connectivity index (χ1v) is 8.76. The smallest absolute Gasteiger partial charge is 0.227 e. The molecule has 5 heteroatoms. The standard InChI is InChI=1S/C20H19ClN2O2/c1-25-15-4-2-3-14(11-15)22-20(24)12-5-7-18-16(9-12)17-10-13(21)6-8-19(17)23-18/h2-4,6,8,10-12,23H,5,7,9H2,1H3,(H,22,24). The van der Waals surface area contributed by atoms with Crippen molar-refractivity contribution in [3.05, 3.63) is 58.7 Å². The van der Waals surface area contributed by atoms with Crippen molar-refractivity contribution >= 4 is 34.1 Å². The number of benzene rings is 2. The van der Waals surface area contributed by atoms with Gasteiger partial charge in [-0.05, 0) is 55.2 Å². The van der Waals surface area contributed by atoms with Gasteiger partial charge in [0.05, 0.1) is 7.11 Å². The van der Waals surface area contributed by atoms with Gasteiger partial charge in [-0.1, -0.05) is 17.7 Å². The summed E-state index contributed by atoms with van der Waals surface area (Å²) < 4.78 is 5.21. The molecule has 0 aliphatic heterocycles. The van der Waals surface area contributed by atoms with Crippen molar-refractivity contribution in [2.45, 2.75) is 19.3 Å². The highest BCUT2D eigenvalue weighted by Gasteiger charge is 2.27. The quantitative estimate of drug-likeness (QED) is 0.723. The van der Waals surface area contributed by atoms with E-state index in [1.807, 2.05) is 42.5 Å². The minimum atomic E-state index is -0.0447. The maximum atomic E-state index is 12.7. The minimum Gasteiger partial charge on any atom is -0.497 e. The third-order valence-electron chi connectivity index (χ3n) is 4.86. The molecule has 128 valence electrons. The average Bonchev–Trinajstić information content (AvgIpc) is 2.99. The van der Waals surface area contributed by atoms with Crippen molar-refractivity contribution in [3.8, 4) is 5.75 Å². The average molecular weight is 355 g/mol. The second kappa shape index (κ2) is 6.45. The lowest BCUT2D eigenvalue weighted by molar-refractivity contribution is -0.120. The number of nitrogens with one attached hydrogen (secondary N) is 2. The number of anilines is 1. The highest BCUT2D eigenvalue weighted by atomic mass is 35.5. The lowest BCUT2D eigenvalue weighted by atomic mass is 9.86. The number of rotatable bonds is 3. The van der Waals surface area contributed by atoms with Gasteiger partial charge in [-0.15, -0.1) is 0 Å². The second-order valence-corrected chi connectivity index (χ2v) is 6.87. The molecule has 1 amide bonds. The lowest BCUT2D eigenvalue weighted by Gasteiger charge is -2.22. The Morgan fingerprint density at radius 3 is 3.00 bits per heavy atom. The van der Waals surface area contributed by atoms with E-state index in [2.05, 4.69) is 10.3 Å². The zero-order valence-electron chi connectivity index (χ0n) is 13.9. The van der Waals surface area contributed by atoms with Gasteiger partial charge in [-0.25, -0.2) is 0 Å². The van der Waals surface area contributed by atoms with Gasteiger partial charge in [0.15, 0.2) is 0 Å². The van der Waals surface area contributed by atoms with Crippen molar-refractivity contribution in [1.29, 1.82) is 0 Å². The Morgan fingerprint density at radius 2 is 2.16 bits per heavy atom. The highest BCUT2D eigenvalue weighted by molar-refractivity contribution is 6.31. The number of hydrogen-bond donors (Lipinski definition) is 2. The first-order valence-electron chi connectivity index (χ1n) is 8.38. The molecule has 1 aliphatic carbocycles. The summed E-state index contributed by atoms with van der Waals surface area (Å²) in [5, 5.41) is 4.86. The number of aromatic amines is 1. The number of amides is 1. The zero-order valence-corrected chi connectivity index (χ0v) is 14.7. The molecule has 0 spiro atoms. The van der Waals surface area contributed by atoms with Crippen LogP contribution in [-0.2, 0) is 17.6 Å². The summed E-state index contributed by atoms with van der Waals surface area (Å²) in [5.74, 6) is 0.738. The fourth-order valence-electron chi connectivity index (χ4n) is 3.56. The van der Waals surface area contributed by atoms with Gasteiger partial charge in [0.25, 0.3) is 0 Å². The van der Waals surface area contributed by atoms with Crippen LogP contribution in [0.4, 0.5) is 5.69 Å². The van der Waals surface area contributed by atoms with Gasteiger partial charge in [0.1, 0.15) is 5.75 Å². The molecule has 0 radical (unpaired) electrons. The maximum Gasteiger partial charge on any atom is 0.227 e. The van der Waals surface area contributed by atoms with E-state index in [1.54, 1.807) is 7.11 Å². The highest BCUT2D eigenvalue weighted by Crippen LogP contribution is 2.33. The lowest BCUT2D eigenvalue weighted by Crippen LogP contribution is -2.28. The molecular formula is C20H19ClN2O2. The van der Waals surface area contributed by atoms with Crippen LogP contribution in [0.15, 0.2) is 42.5 Å². The van der Waals surface area contributed by atoms with Gasteiger partial charge in [0, 0.05) is 39.3 Å². The molecule has 2 aromatic carbocycles. The van der Waals surface area contributed by atoms with E-state index in [1.165, 1.54) is 11.3 Å². The number of methoxy groups -OCH3 is 1. The van der Waals surface area contributed by atoms with Crippen LogP contribution in [0.1, 0.15) is 17.7 Å². The third-order valence-corrected chi connectivity index (χ3v) is 5.09. The van der Waals surface area contributed by atoms with E-state index in [4.69, 9.17) is 16.3 Å².